The van der Waals surface area contributed by atoms with Crippen LogP contribution in [0.25, 0.3) is 11.1 Å². The van der Waals surface area contributed by atoms with E-state index in [1.165, 1.54) is 16.9 Å². The zero-order chi connectivity index (χ0) is 23.4. The molecule has 4 rings (SSSR count). The van der Waals surface area contributed by atoms with Crippen LogP contribution in [0.15, 0.2) is 24.3 Å². The lowest BCUT2D eigenvalue weighted by Gasteiger charge is -2.26. The number of aryl methyl sites for hydroxylation is 1. The third-order valence-corrected chi connectivity index (χ3v) is 8.13. The molecule has 0 spiro atoms. The summed E-state index contributed by atoms with van der Waals surface area (Å²) in [4.78, 5) is 38.3. The highest BCUT2D eigenvalue weighted by Gasteiger charge is 2.54. The predicted octanol–water partition coefficient (Wildman–Crippen LogP) is 4.81. The Bertz CT molecular complexity index is 1080. The first-order valence-corrected chi connectivity index (χ1v) is 11.9. The zero-order valence-corrected chi connectivity index (χ0v) is 19.7. The van der Waals surface area contributed by atoms with E-state index < -0.39 is 23.7 Å². The van der Waals surface area contributed by atoms with Gasteiger partial charge in [0.25, 0.3) is 5.91 Å². The highest BCUT2D eigenvalue weighted by molar-refractivity contribution is 7.17. The molecule has 4 N–H and O–H groups in total. The van der Waals surface area contributed by atoms with Gasteiger partial charge in [-0.2, -0.15) is 0 Å². The Morgan fingerprint density at radius 1 is 1.06 bits per heavy atom. The van der Waals surface area contributed by atoms with Gasteiger partial charge < -0.3 is 16.2 Å². The minimum absolute atomic E-state index is 0.00915. The van der Waals surface area contributed by atoms with Crippen molar-refractivity contribution in [3.05, 3.63) is 40.3 Å². The number of anilines is 1. The first-order valence-electron chi connectivity index (χ1n) is 11.1. The fourth-order valence-electron chi connectivity index (χ4n) is 5.57. The third kappa shape index (κ3) is 3.83. The standard InChI is InChI=1S/C25H30N2O4S/c1-12-17(13-7-9-16(10-8-13)25(2,3)4)20(21(26)28)23(32-12)27-22(29)18-14-5-6-15(11-14)19(18)24(30)31/h7-10,14-15,18-19H,5-6,11H2,1-4H3,(H2,26,28)(H,27,29)(H,30,31)/t14-,15-,18+,19-/m0/s1. The predicted molar refractivity (Wildman–Crippen MR) is 126 cm³/mol. The summed E-state index contributed by atoms with van der Waals surface area (Å²) < 4.78 is 0. The number of carboxylic acids is 1. The van der Waals surface area contributed by atoms with Crippen molar-refractivity contribution >= 4 is 34.1 Å². The van der Waals surface area contributed by atoms with Gasteiger partial charge in [0.1, 0.15) is 5.00 Å². The average Bonchev–Trinajstić information content (AvgIpc) is 3.39. The van der Waals surface area contributed by atoms with Crippen LogP contribution in [-0.4, -0.2) is 22.9 Å². The Balaban J connectivity index is 1.67. The van der Waals surface area contributed by atoms with E-state index in [2.05, 4.69) is 26.1 Å². The zero-order valence-electron chi connectivity index (χ0n) is 18.9. The van der Waals surface area contributed by atoms with Crippen molar-refractivity contribution in [2.75, 3.05) is 5.32 Å². The minimum atomic E-state index is -0.908. The van der Waals surface area contributed by atoms with Gasteiger partial charge in [0.15, 0.2) is 0 Å². The van der Waals surface area contributed by atoms with E-state index in [0.717, 1.165) is 35.3 Å². The van der Waals surface area contributed by atoms with Crippen LogP contribution < -0.4 is 11.1 Å². The molecule has 4 atom stereocenters. The van der Waals surface area contributed by atoms with Crippen molar-refractivity contribution in [1.82, 2.24) is 0 Å². The molecule has 6 nitrogen and oxygen atoms in total. The van der Waals surface area contributed by atoms with Crippen molar-refractivity contribution in [2.24, 2.45) is 29.4 Å². The summed E-state index contributed by atoms with van der Waals surface area (Å²) in [7, 11) is 0. The van der Waals surface area contributed by atoms with Crippen LogP contribution in [0, 0.1) is 30.6 Å². The molecule has 7 heteroatoms. The lowest BCUT2D eigenvalue weighted by atomic mass is 9.78. The first-order chi connectivity index (χ1) is 15.0. The molecule has 32 heavy (non-hydrogen) atoms. The Labute approximate surface area is 192 Å². The Kier molecular flexibility index (Phi) is 5.65. The van der Waals surface area contributed by atoms with Crippen molar-refractivity contribution in [2.45, 2.75) is 52.4 Å². The molecule has 0 radical (unpaired) electrons. The third-order valence-electron chi connectivity index (χ3n) is 7.11. The fraction of sp³-hybridized carbons (Fsp3) is 0.480. The number of carbonyl (C=O) groups is 3. The smallest absolute Gasteiger partial charge is 0.307 e. The monoisotopic (exact) mass is 454 g/mol. The molecule has 170 valence electrons. The van der Waals surface area contributed by atoms with Crippen molar-refractivity contribution in [3.8, 4) is 11.1 Å². The molecule has 2 aliphatic rings. The molecule has 2 aliphatic carbocycles. The molecule has 0 aliphatic heterocycles. The van der Waals surface area contributed by atoms with Crippen LogP contribution >= 0.6 is 11.3 Å². The number of amides is 2. The number of hydrogen-bond donors (Lipinski definition) is 3. The number of aliphatic carboxylic acids is 1. The largest absolute Gasteiger partial charge is 0.481 e. The number of fused-ring (bicyclic) bond motifs is 2. The molecule has 2 saturated carbocycles. The van der Waals surface area contributed by atoms with Crippen molar-refractivity contribution in [3.63, 3.8) is 0 Å². The summed E-state index contributed by atoms with van der Waals surface area (Å²) >= 11 is 1.31. The Morgan fingerprint density at radius 3 is 2.19 bits per heavy atom. The van der Waals surface area contributed by atoms with Crippen LogP contribution in [0.5, 0.6) is 0 Å². The summed E-state index contributed by atoms with van der Waals surface area (Å²) in [5.41, 5.74) is 8.82. The molecule has 2 fully saturated rings. The molecule has 1 heterocycles. The van der Waals surface area contributed by atoms with Gasteiger partial charge in [-0.05, 0) is 54.6 Å². The van der Waals surface area contributed by atoms with Crippen LogP contribution in [0.4, 0.5) is 5.00 Å². The van der Waals surface area contributed by atoms with E-state index >= 15 is 0 Å². The summed E-state index contributed by atoms with van der Waals surface area (Å²) in [6, 6.07) is 8.04. The number of rotatable bonds is 5. The maximum absolute atomic E-state index is 13.2. The number of hydrogen-bond acceptors (Lipinski definition) is 4. The number of carbonyl (C=O) groups excluding carboxylic acids is 2. The van der Waals surface area contributed by atoms with E-state index in [-0.39, 0.29) is 23.2 Å². The topological polar surface area (TPSA) is 109 Å². The summed E-state index contributed by atoms with van der Waals surface area (Å²) in [6.45, 7) is 8.32. The molecule has 2 amide bonds. The van der Waals surface area contributed by atoms with Gasteiger partial charge in [0, 0.05) is 10.4 Å². The molecular formula is C25H30N2O4S. The summed E-state index contributed by atoms with van der Waals surface area (Å²) in [5, 5.41) is 13.0. The van der Waals surface area contributed by atoms with Gasteiger partial charge in [0.2, 0.25) is 5.91 Å². The molecule has 1 aromatic carbocycles. The van der Waals surface area contributed by atoms with Crippen LogP contribution in [0.1, 0.15) is 60.8 Å². The molecule has 1 aromatic heterocycles. The maximum Gasteiger partial charge on any atom is 0.307 e. The number of benzene rings is 1. The van der Waals surface area contributed by atoms with E-state index in [1.807, 2.05) is 31.2 Å². The minimum Gasteiger partial charge on any atom is -0.481 e. The number of nitrogens with one attached hydrogen (secondary N) is 1. The van der Waals surface area contributed by atoms with Gasteiger partial charge in [-0.3, -0.25) is 14.4 Å². The van der Waals surface area contributed by atoms with E-state index in [9.17, 15) is 19.5 Å². The molecule has 2 aromatic rings. The molecule has 2 bridgehead atoms. The molecule has 0 unspecified atom stereocenters. The Hall–Kier alpha value is -2.67. The van der Waals surface area contributed by atoms with E-state index in [0.29, 0.717) is 10.6 Å². The second-order valence-electron chi connectivity index (χ2n) is 10.1. The van der Waals surface area contributed by atoms with Gasteiger partial charge in [-0.25, -0.2) is 0 Å². The SMILES string of the molecule is Cc1sc(NC(=O)[C@@H]2[C@H]3CC[C@@H](C3)[C@@H]2C(=O)O)c(C(N)=O)c1-c1ccc(C(C)(C)C)cc1. The number of nitrogens with two attached hydrogens (primary N) is 1. The first kappa shape index (κ1) is 22.5. The lowest BCUT2D eigenvalue weighted by Crippen LogP contribution is -2.38. The lowest BCUT2D eigenvalue weighted by molar-refractivity contribution is -0.148. The van der Waals surface area contributed by atoms with Gasteiger partial charge >= 0.3 is 5.97 Å². The van der Waals surface area contributed by atoms with Gasteiger partial charge in [0.05, 0.1) is 17.4 Å². The number of thiophene rings is 1. The molecular weight excluding hydrogens is 424 g/mol. The second kappa shape index (κ2) is 8.03. The maximum atomic E-state index is 13.2. The Morgan fingerprint density at radius 2 is 1.66 bits per heavy atom. The van der Waals surface area contributed by atoms with Crippen LogP contribution in [-0.2, 0) is 15.0 Å². The van der Waals surface area contributed by atoms with Crippen molar-refractivity contribution in [1.29, 1.82) is 0 Å². The summed E-state index contributed by atoms with van der Waals surface area (Å²) in [5.74, 6) is -2.91. The summed E-state index contributed by atoms with van der Waals surface area (Å²) in [6.07, 6.45) is 2.53. The second-order valence-corrected chi connectivity index (χ2v) is 11.4. The normalized spacial score (nSPS) is 24.5. The van der Waals surface area contributed by atoms with Crippen molar-refractivity contribution < 1.29 is 19.5 Å². The van der Waals surface area contributed by atoms with E-state index in [4.69, 9.17) is 5.73 Å². The highest BCUT2D eigenvalue weighted by atomic mass is 32.1. The highest BCUT2D eigenvalue weighted by Crippen LogP contribution is 2.53. The quantitative estimate of drug-likeness (QED) is 0.602. The van der Waals surface area contributed by atoms with Crippen LogP contribution in [0.2, 0.25) is 0 Å². The number of carboxylic acid groups (broad SMARTS) is 1. The van der Waals surface area contributed by atoms with Gasteiger partial charge in [-0.1, -0.05) is 45.0 Å². The average molecular weight is 455 g/mol. The fourth-order valence-corrected chi connectivity index (χ4v) is 6.66. The molecule has 0 saturated heterocycles. The van der Waals surface area contributed by atoms with Crippen LogP contribution in [0.3, 0.4) is 0 Å². The number of primary amides is 1. The van der Waals surface area contributed by atoms with Gasteiger partial charge in [-0.15, -0.1) is 11.3 Å². The van der Waals surface area contributed by atoms with E-state index in [1.54, 1.807) is 0 Å².